The molecular weight excluding hydrogens is 161 g/mol. The van der Waals surface area contributed by atoms with E-state index in [1.807, 2.05) is 0 Å². The average Bonchev–Trinajstić information content (AvgIpc) is 2.03. The van der Waals surface area contributed by atoms with Crippen LogP contribution in [0.5, 0.6) is 5.75 Å². The Kier molecular flexibility index (Phi) is 2.32. The summed E-state index contributed by atoms with van der Waals surface area (Å²) in [5.41, 5.74) is -0.184. The molecule has 3 N–H and O–H groups in total. The number of rotatable bonds is 2. The molecule has 0 saturated heterocycles. The summed E-state index contributed by atoms with van der Waals surface area (Å²) in [5, 5.41) is 26.2. The predicted molar refractivity (Wildman–Crippen MR) is 42.8 cm³/mol. The van der Waals surface area contributed by atoms with Gasteiger partial charge in [0.1, 0.15) is 5.75 Å². The van der Waals surface area contributed by atoms with Gasteiger partial charge < -0.3 is 19.8 Å². The SMILES string of the molecule is COc1ccc([B-](O)(O)O)nc1. The Morgan fingerprint density at radius 1 is 1.33 bits per heavy atom. The average molecular weight is 170 g/mol. The van der Waals surface area contributed by atoms with Gasteiger partial charge in [0, 0.05) is 0 Å². The summed E-state index contributed by atoms with van der Waals surface area (Å²) >= 11 is 0. The van der Waals surface area contributed by atoms with Crippen LogP contribution in [-0.4, -0.2) is 33.9 Å². The van der Waals surface area contributed by atoms with Crippen LogP contribution in [0.4, 0.5) is 0 Å². The van der Waals surface area contributed by atoms with Crippen LogP contribution in [0.25, 0.3) is 0 Å². The summed E-state index contributed by atoms with van der Waals surface area (Å²) in [4.78, 5) is 3.57. The van der Waals surface area contributed by atoms with Gasteiger partial charge in [-0.1, -0.05) is 6.07 Å². The molecule has 0 bridgehead atoms. The van der Waals surface area contributed by atoms with Gasteiger partial charge in [-0.3, -0.25) is 4.98 Å². The van der Waals surface area contributed by atoms with Crippen molar-refractivity contribution < 1.29 is 19.8 Å². The minimum Gasteiger partial charge on any atom is -0.555 e. The van der Waals surface area contributed by atoms with E-state index in [1.54, 1.807) is 0 Å². The lowest BCUT2D eigenvalue weighted by molar-refractivity contribution is 0.248. The highest BCUT2D eigenvalue weighted by molar-refractivity contribution is 6.70. The molecule has 0 saturated carbocycles. The monoisotopic (exact) mass is 170 g/mol. The van der Waals surface area contributed by atoms with Crippen molar-refractivity contribution in [1.82, 2.24) is 4.98 Å². The van der Waals surface area contributed by atoms with Crippen LogP contribution in [0.1, 0.15) is 0 Å². The Hall–Kier alpha value is -1.11. The van der Waals surface area contributed by atoms with E-state index in [0.717, 1.165) is 0 Å². The number of nitrogens with zero attached hydrogens (tertiary/aromatic N) is 1. The standard InChI is InChI=1S/C6H9BNO4/c1-12-5-2-3-6(8-4-5)7(9,10)11/h2-4,9-11H,1H3/q-1. The first-order chi connectivity index (χ1) is 5.54. The van der Waals surface area contributed by atoms with Crippen molar-refractivity contribution in [2.24, 2.45) is 0 Å². The highest BCUT2D eigenvalue weighted by Crippen LogP contribution is 2.04. The van der Waals surface area contributed by atoms with Crippen molar-refractivity contribution >= 4 is 12.3 Å². The second-order valence-electron chi connectivity index (χ2n) is 2.36. The van der Waals surface area contributed by atoms with E-state index in [0.29, 0.717) is 5.75 Å². The van der Waals surface area contributed by atoms with Gasteiger partial charge in [-0.25, -0.2) is 0 Å². The van der Waals surface area contributed by atoms with Gasteiger partial charge in [-0.15, -0.1) is 0 Å². The summed E-state index contributed by atoms with van der Waals surface area (Å²) in [5.74, 6) is 0.485. The van der Waals surface area contributed by atoms with Gasteiger partial charge >= 0.3 is 6.75 Å². The molecule has 1 aromatic rings. The second kappa shape index (κ2) is 3.10. The zero-order valence-corrected chi connectivity index (χ0v) is 6.51. The highest BCUT2D eigenvalue weighted by atomic mass is 16.5. The van der Waals surface area contributed by atoms with E-state index in [1.165, 1.54) is 25.4 Å². The van der Waals surface area contributed by atoms with Crippen LogP contribution in [0.15, 0.2) is 18.3 Å². The fourth-order valence-electron chi connectivity index (χ4n) is 0.742. The van der Waals surface area contributed by atoms with E-state index in [-0.39, 0.29) is 5.59 Å². The molecule has 0 radical (unpaired) electrons. The molecule has 1 rings (SSSR count). The zero-order valence-electron chi connectivity index (χ0n) is 6.51. The first-order valence-electron chi connectivity index (χ1n) is 3.36. The van der Waals surface area contributed by atoms with E-state index < -0.39 is 6.75 Å². The smallest absolute Gasteiger partial charge is 0.420 e. The van der Waals surface area contributed by atoms with Crippen molar-refractivity contribution in [3.8, 4) is 5.75 Å². The van der Waals surface area contributed by atoms with E-state index in [2.05, 4.69) is 4.98 Å². The minimum absolute atomic E-state index is 0.184. The number of aromatic nitrogens is 1. The van der Waals surface area contributed by atoms with Crippen LogP contribution >= 0.6 is 0 Å². The van der Waals surface area contributed by atoms with Crippen LogP contribution in [0.2, 0.25) is 0 Å². The third-order valence-corrected chi connectivity index (χ3v) is 1.39. The van der Waals surface area contributed by atoms with Crippen molar-refractivity contribution in [2.45, 2.75) is 0 Å². The summed E-state index contributed by atoms with van der Waals surface area (Å²) in [7, 11) is 1.46. The maximum Gasteiger partial charge on any atom is 0.420 e. The Morgan fingerprint density at radius 2 is 2.00 bits per heavy atom. The molecule has 0 fully saturated rings. The molecule has 0 unspecified atom stereocenters. The van der Waals surface area contributed by atoms with E-state index in [9.17, 15) is 0 Å². The molecular formula is C6H9BNO4-. The molecule has 5 nitrogen and oxygen atoms in total. The number of hydrogen-bond acceptors (Lipinski definition) is 5. The fraction of sp³-hybridized carbons (Fsp3) is 0.167. The molecule has 0 aliphatic heterocycles. The molecule has 0 aliphatic rings. The Balaban J connectivity index is 2.93. The van der Waals surface area contributed by atoms with Crippen LogP contribution < -0.4 is 10.3 Å². The quantitative estimate of drug-likeness (QED) is 0.456. The van der Waals surface area contributed by atoms with Crippen LogP contribution in [0.3, 0.4) is 0 Å². The number of pyridine rings is 1. The van der Waals surface area contributed by atoms with Crippen molar-refractivity contribution in [1.29, 1.82) is 0 Å². The molecule has 12 heavy (non-hydrogen) atoms. The van der Waals surface area contributed by atoms with Gasteiger partial charge in [-0.05, 0) is 11.7 Å². The second-order valence-corrected chi connectivity index (χ2v) is 2.36. The van der Waals surface area contributed by atoms with Gasteiger partial charge in [0.05, 0.1) is 13.3 Å². The van der Waals surface area contributed by atoms with Crippen LogP contribution in [-0.2, 0) is 0 Å². The third-order valence-electron chi connectivity index (χ3n) is 1.39. The number of hydrogen-bond donors (Lipinski definition) is 3. The Morgan fingerprint density at radius 3 is 2.33 bits per heavy atom. The van der Waals surface area contributed by atoms with E-state index in [4.69, 9.17) is 19.8 Å². The largest absolute Gasteiger partial charge is 0.555 e. The third kappa shape index (κ3) is 1.94. The molecule has 0 atom stereocenters. The van der Waals surface area contributed by atoms with Crippen LogP contribution in [0, 0.1) is 0 Å². The first kappa shape index (κ1) is 8.99. The van der Waals surface area contributed by atoms with Crippen molar-refractivity contribution in [3.63, 3.8) is 0 Å². The Labute approximate surface area is 69.3 Å². The van der Waals surface area contributed by atoms with E-state index >= 15 is 0 Å². The predicted octanol–water partition coefficient (Wildman–Crippen LogP) is -1.79. The van der Waals surface area contributed by atoms with Crippen molar-refractivity contribution in [3.05, 3.63) is 18.3 Å². The first-order valence-corrected chi connectivity index (χ1v) is 3.36. The topological polar surface area (TPSA) is 82.8 Å². The normalized spacial score (nSPS) is 11.3. The molecule has 0 aromatic carbocycles. The molecule has 0 amide bonds. The fourth-order valence-corrected chi connectivity index (χ4v) is 0.742. The summed E-state index contributed by atoms with van der Waals surface area (Å²) in [6.07, 6.45) is 1.29. The lowest BCUT2D eigenvalue weighted by Gasteiger charge is -2.19. The maximum atomic E-state index is 8.72. The summed E-state index contributed by atoms with van der Waals surface area (Å²) in [6, 6.07) is 2.75. The Bertz CT molecular complexity index is 255. The van der Waals surface area contributed by atoms with Gasteiger partial charge in [0.2, 0.25) is 0 Å². The van der Waals surface area contributed by atoms with Gasteiger partial charge in [0.15, 0.2) is 0 Å². The molecule has 6 heteroatoms. The number of ether oxygens (including phenoxy) is 1. The minimum atomic E-state index is -3.49. The molecule has 0 spiro atoms. The maximum absolute atomic E-state index is 8.72. The zero-order chi connectivity index (χ0) is 9.19. The highest BCUT2D eigenvalue weighted by Gasteiger charge is 2.19. The molecule has 66 valence electrons. The van der Waals surface area contributed by atoms with Gasteiger partial charge in [-0.2, -0.15) is 0 Å². The van der Waals surface area contributed by atoms with Gasteiger partial charge in [0.25, 0.3) is 0 Å². The number of methoxy groups -OCH3 is 1. The van der Waals surface area contributed by atoms with Crippen molar-refractivity contribution in [2.75, 3.05) is 7.11 Å². The lowest BCUT2D eigenvalue weighted by atomic mass is 9.75. The summed E-state index contributed by atoms with van der Waals surface area (Å²) < 4.78 is 4.78. The summed E-state index contributed by atoms with van der Waals surface area (Å²) in [6.45, 7) is -3.49. The molecule has 1 heterocycles. The lowest BCUT2D eigenvalue weighted by Crippen LogP contribution is -2.50. The molecule has 1 aromatic heterocycles. The molecule has 0 aliphatic carbocycles.